The highest BCUT2D eigenvalue weighted by Crippen LogP contribution is 2.21. The zero-order valence-electron chi connectivity index (χ0n) is 12.8. The summed E-state index contributed by atoms with van der Waals surface area (Å²) in [6.45, 7) is 1.13. The third-order valence-electron chi connectivity index (χ3n) is 2.96. The highest BCUT2D eigenvalue weighted by molar-refractivity contribution is 6.33. The monoisotopic (exact) mass is 367 g/mol. The van der Waals surface area contributed by atoms with Gasteiger partial charge in [0.05, 0.1) is 10.7 Å². The number of ether oxygens (including phenoxy) is 2. The second-order valence-electron chi connectivity index (χ2n) is 4.85. The van der Waals surface area contributed by atoms with Gasteiger partial charge in [-0.3, -0.25) is 4.79 Å². The molecule has 0 aliphatic carbocycles. The number of amides is 1. The van der Waals surface area contributed by atoms with Crippen molar-refractivity contribution in [2.24, 2.45) is 0 Å². The second kappa shape index (κ2) is 8.57. The Morgan fingerprint density at radius 1 is 1.12 bits per heavy atom. The number of carbonyl (C=O) groups excluding carboxylic acids is 2. The van der Waals surface area contributed by atoms with Gasteiger partial charge in [0.15, 0.2) is 12.7 Å². The molecular weight excluding hydrogens is 353 g/mol. The van der Waals surface area contributed by atoms with Crippen LogP contribution < -0.4 is 10.1 Å². The lowest BCUT2D eigenvalue weighted by Gasteiger charge is -2.14. The first-order valence-corrected chi connectivity index (χ1v) is 7.84. The highest BCUT2D eigenvalue weighted by Gasteiger charge is 2.19. The molecule has 1 atom stereocenters. The zero-order valence-corrected chi connectivity index (χ0v) is 14.3. The Bertz CT molecular complexity index is 736. The summed E-state index contributed by atoms with van der Waals surface area (Å²) >= 11 is 11.8. The molecule has 5 nitrogen and oxygen atoms in total. The number of esters is 1. The number of carbonyl (C=O) groups is 2. The zero-order chi connectivity index (χ0) is 17.5. The maximum absolute atomic E-state index is 12.0. The van der Waals surface area contributed by atoms with Crippen LogP contribution >= 0.6 is 23.2 Å². The van der Waals surface area contributed by atoms with Gasteiger partial charge in [-0.05, 0) is 37.3 Å². The van der Waals surface area contributed by atoms with Crippen LogP contribution in [0.5, 0.6) is 5.75 Å². The summed E-state index contributed by atoms with van der Waals surface area (Å²) < 4.78 is 10.3. The molecule has 0 saturated heterocycles. The van der Waals surface area contributed by atoms with Crippen LogP contribution in [0.1, 0.15) is 6.92 Å². The van der Waals surface area contributed by atoms with E-state index in [2.05, 4.69) is 5.32 Å². The lowest BCUT2D eigenvalue weighted by Crippen LogP contribution is -2.31. The molecule has 0 saturated carbocycles. The lowest BCUT2D eigenvalue weighted by molar-refractivity contribution is -0.155. The smallest absolute Gasteiger partial charge is 0.344 e. The molecule has 1 unspecified atom stereocenters. The number of nitrogens with one attached hydrogen (secondary N) is 1. The Morgan fingerprint density at radius 3 is 2.58 bits per heavy atom. The first kappa shape index (κ1) is 18.1. The Kier molecular flexibility index (Phi) is 6.46. The molecule has 0 radical (unpaired) electrons. The van der Waals surface area contributed by atoms with Gasteiger partial charge in [0.2, 0.25) is 0 Å². The fraction of sp³-hybridized carbons (Fsp3) is 0.176. The maximum atomic E-state index is 12.0. The Labute approximate surface area is 149 Å². The Morgan fingerprint density at radius 2 is 1.88 bits per heavy atom. The van der Waals surface area contributed by atoms with E-state index in [4.69, 9.17) is 32.7 Å². The molecule has 0 spiro atoms. The molecule has 0 bridgehead atoms. The quantitative estimate of drug-likeness (QED) is 0.785. The third kappa shape index (κ3) is 5.44. The second-order valence-corrected chi connectivity index (χ2v) is 5.69. The molecule has 0 heterocycles. The molecule has 126 valence electrons. The van der Waals surface area contributed by atoms with E-state index in [9.17, 15) is 9.59 Å². The van der Waals surface area contributed by atoms with Gasteiger partial charge in [-0.25, -0.2) is 4.79 Å². The van der Waals surface area contributed by atoms with Crippen molar-refractivity contribution >= 4 is 40.8 Å². The summed E-state index contributed by atoms with van der Waals surface area (Å²) in [5, 5.41) is 3.48. The largest absolute Gasteiger partial charge is 0.482 e. The molecule has 0 aromatic heterocycles. The van der Waals surface area contributed by atoms with E-state index in [1.807, 2.05) is 0 Å². The fourth-order valence-corrected chi connectivity index (χ4v) is 2.14. The number of halogens is 2. The predicted octanol–water partition coefficient (Wildman–Crippen LogP) is 3.94. The van der Waals surface area contributed by atoms with Crippen molar-refractivity contribution in [3.63, 3.8) is 0 Å². The molecule has 24 heavy (non-hydrogen) atoms. The molecule has 7 heteroatoms. The van der Waals surface area contributed by atoms with Crippen LogP contribution in [0.4, 0.5) is 5.69 Å². The summed E-state index contributed by atoms with van der Waals surface area (Å²) in [6, 6.07) is 13.4. The lowest BCUT2D eigenvalue weighted by atomic mass is 10.3. The van der Waals surface area contributed by atoms with E-state index in [0.717, 1.165) is 0 Å². The average molecular weight is 368 g/mol. The number of para-hydroxylation sites is 1. The average Bonchev–Trinajstić information content (AvgIpc) is 2.55. The molecule has 2 rings (SSSR count). The number of anilines is 1. The molecule has 0 aliphatic heterocycles. The van der Waals surface area contributed by atoms with Gasteiger partial charge in [-0.2, -0.15) is 0 Å². The van der Waals surface area contributed by atoms with Crippen LogP contribution in [-0.4, -0.2) is 24.6 Å². The van der Waals surface area contributed by atoms with E-state index >= 15 is 0 Å². The topological polar surface area (TPSA) is 64.6 Å². The van der Waals surface area contributed by atoms with Crippen molar-refractivity contribution in [1.29, 1.82) is 0 Å². The van der Waals surface area contributed by atoms with Gasteiger partial charge >= 0.3 is 5.97 Å². The number of rotatable bonds is 6. The van der Waals surface area contributed by atoms with Crippen molar-refractivity contribution < 1.29 is 19.1 Å². The predicted molar refractivity (Wildman–Crippen MR) is 92.6 cm³/mol. The summed E-state index contributed by atoms with van der Waals surface area (Å²) in [4.78, 5) is 23.8. The minimum atomic E-state index is -0.989. The highest BCUT2D eigenvalue weighted by atomic mass is 35.5. The molecule has 2 aromatic carbocycles. The summed E-state index contributed by atoms with van der Waals surface area (Å²) in [7, 11) is 0. The van der Waals surface area contributed by atoms with Crippen LogP contribution in [0.2, 0.25) is 10.0 Å². The van der Waals surface area contributed by atoms with Crippen LogP contribution in [0.15, 0.2) is 48.5 Å². The van der Waals surface area contributed by atoms with E-state index in [-0.39, 0.29) is 6.61 Å². The van der Waals surface area contributed by atoms with E-state index < -0.39 is 18.0 Å². The van der Waals surface area contributed by atoms with Crippen molar-refractivity contribution in [3.05, 3.63) is 58.6 Å². The molecule has 0 fully saturated rings. The van der Waals surface area contributed by atoms with E-state index in [0.29, 0.717) is 21.5 Å². The Balaban J connectivity index is 1.82. The van der Waals surface area contributed by atoms with E-state index in [1.54, 1.807) is 48.5 Å². The third-order valence-corrected chi connectivity index (χ3v) is 3.53. The molecular formula is C17H15Cl2NO4. The number of hydrogen-bond donors (Lipinski definition) is 1. The van der Waals surface area contributed by atoms with Crippen molar-refractivity contribution in [3.8, 4) is 5.75 Å². The minimum Gasteiger partial charge on any atom is -0.482 e. The van der Waals surface area contributed by atoms with Crippen LogP contribution in [0.3, 0.4) is 0 Å². The van der Waals surface area contributed by atoms with Crippen LogP contribution in [-0.2, 0) is 14.3 Å². The van der Waals surface area contributed by atoms with Crippen LogP contribution in [0, 0.1) is 0 Å². The maximum Gasteiger partial charge on any atom is 0.344 e. The van der Waals surface area contributed by atoms with E-state index in [1.165, 1.54) is 6.92 Å². The van der Waals surface area contributed by atoms with Gasteiger partial charge in [-0.1, -0.05) is 41.4 Å². The van der Waals surface area contributed by atoms with Gasteiger partial charge in [-0.15, -0.1) is 0 Å². The standard InChI is InChI=1S/C17H15Cl2NO4/c1-11(17(22)20-15-8-3-2-7-14(15)19)24-16(21)10-23-13-6-4-5-12(18)9-13/h2-9,11H,10H2,1H3,(H,20,22). The normalized spacial score (nSPS) is 11.5. The summed E-state index contributed by atoms with van der Waals surface area (Å²) in [6.07, 6.45) is -0.989. The van der Waals surface area contributed by atoms with Gasteiger partial charge < -0.3 is 14.8 Å². The minimum absolute atomic E-state index is 0.329. The number of hydrogen-bond acceptors (Lipinski definition) is 4. The van der Waals surface area contributed by atoms with Gasteiger partial charge in [0.1, 0.15) is 5.75 Å². The van der Waals surface area contributed by atoms with Crippen LogP contribution in [0.25, 0.3) is 0 Å². The van der Waals surface area contributed by atoms with Gasteiger partial charge in [0, 0.05) is 5.02 Å². The molecule has 1 N–H and O–H groups in total. The summed E-state index contributed by atoms with van der Waals surface area (Å²) in [5.74, 6) is -0.719. The molecule has 2 aromatic rings. The van der Waals surface area contributed by atoms with Crippen molar-refractivity contribution in [2.45, 2.75) is 13.0 Å². The molecule has 1 amide bonds. The molecule has 0 aliphatic rings. The summed E-state index contributed by atoms with van der Waals surface area (Å²) in [5.41, 5.74) is 0.447. The van der Waals surface area contributed by atoms with Crippen molar-refractivity contribution in [2.75, 3.05) is 11.9 Å². The Hall–Kier alpha value is -2.24. The first-order chi connectivity index (χ1) is 11.5. The van der Waals surface area contributed by atoms with Gasteiger partial charge in [0.25, 0.3) is 5.91 Å². The number of benzene rings is 2. The first-order valence-electron chi connectivity index (χ1n) is 7.09. The van der Waals surface area contributed by atoms with Crippen molar-refractivity contribution in [1.82, 2.24) is 0 Å². The SMILES string of the molecule is CC(OC(=O)COc1cccc(Cl)c1)C(=O)Nc1ccccc1Cl. The fourth-order valence-electron chi connectivity index (χ4n) is 1.78.